The number of benzene rings is 1. The molecule has 1 aliphatic rings. The summed E-state index contributed by atoms with van der Waals surface area (Å²) in [6.45, 7) is 12.8. The first kappa shape index (κ1) is 23.8. The maximum absolute atomic E-state index is 5.90. The van der Waals surface area contributed by atoms with Crippen LogP contribution in [0.3, 0.4) is 0 Å². The molecule has 1 fully saturated rings. The predicted molar refractivity (Wildman–Crippen MR) is 127 cm³/mol. The molecule has 0 aromatic heterocycles. The van der Waals surface area contributed by atoms with Crippen molar-refractivity contribution in [1.29, 1.82) is 0 Å². The van der Waals surface area contributed by atoms with E-state index in [9.17, 15) is 0 Å². The quantitative estimate of drug-likeness (QED) is 0.227. The van der Waals surface area contributed by atoms with Crippen molar-refractivity contribution in [3.63, 3.8) is 0 Å². The van der Waals surface area contributed by atoms with Gasteiger partial charge in [-0.15, -0.1) is 6.58 Å². The van der Waals surface area contributed by atoms with Crippen molar-refractivity contribution in [2.75, 3.05) is 44.2 Å². The monoisotopic (exact) mass is 400 g/mol. The van der Waals surface area contributed by atoms with E-state index in [2.05, 4.69) is 47.6 Å². The van der Waals surface area contributed by atoms with Gasteiger partial charge in [-0.2, -0.15) is 0 Å². The Kier molecular flexibility index (Phi) is 12.6. The molecule has 29 heavy (non-hydrogen) atoms. The zero-order valence-electron chi connectivity index (χ0n) is 18.9. The fourth-order valence-corrected chi connectivity index (χ4v) is 4.03. The average Bonchev–Trinajstić information content (AvgIpc) is 2.76. The van der Waals surface area contributed by atoms with E-state index in [1.165, 1.54) is 83.1 Å². The highest BCUT2D eigenvalue weighted by Crippen LogP contribution is 2.21. The van der Waals surface area contributed by atoms with Crippen LogP contribution in [0.25, 0.3) is 0 Å². The summed E-state index contributed by atoms with van der Waals surface area (Å²) in [6, 6.07) is 8.72. The minimum atomic E-state index is 0.824. The van der Waals surface area contributed by atoms with E-state index in [0.29, 0.717) is 0 Å². The van der Waals surface area contributed by atoms with Crippen molar-refractivity contribution < 1.29 is 4.74 Å². The Bertz CT molecular complexity index is 520. The third-order valence-corrected chi connectivity index (χ3v) is 5.97. The molecule has 0 N–H and O–H groups in total. The van der Waals surface area contributed by atoms with Crippen LogP contribution in [0, 0.1) is 0 Å². The van der Waals surface area contributed by atoms with Gasteiger partial charge >= 0.3 is 0 Å². The summed E-state index contributed by atoms with van der Waals surface area (Å²) >= 11 is 0. The largest absolute Gasteiger partial charge is 0.494 e. The molecule has 0 amide bonds. The van der Waals surface area contributed by atoms with Crippen LogP contribution in [0.1, 0.15) is 77.6 Å². The summed E-state index contributed by atoms with van der Waals surface area (Å²) in [7, 11) is 0. The molecule has 1 aliphatic heterocycles. The fraction of sp³-hybridized carbons (Fsp3) is 0.692. The second-order valence-electron chi connectivity index (χ2n) is 8.43. The molecular formula is C26H44N2O. The van der Waals surface area contributed by atoms with Crippen LogP contribution >= 0.6 is 0 Å². The highest BCUT2D eigenvalue weighted by Gasteiger charge is 2.16. The van der Waals surface area contributed by atoms with E-state index < -0.39 is 0 Å². The van der Waals surface area contributed by atoms with Crippen molar-refractivity contribution in [2.45, 2.75) is 77.6 Å². The lowest BCUT2D eigenvalue weighted by molar-refractivity contribution is 0.252. The first-order valence-corrected chi connectivity index (χ1v) is 12.1. The van der Waals surface area contributed by atoms with Gasteiger partial charge < -0.3 is 9.64 Å². The van der Waals surface area contributed by atoms with Gasteiger partial charge in [0, 0.05) is 31.9 Å². The fourth-order valence-electron chi connectivity index (χ4n) is 4.03. The number of unbranched alkanes of at least 4 members (excludes halogenated alkanes) is 9. The Balaban J connectivity index is 1.56. The van der Waals surface area contributed by atoms with Crippen LogP contribution in [0.15, 0.2) is 36.9 Å². The van der Waals surface area contributed by atoms with Crippen molar-refractivity contribution in [3.05, 3.63) is 36.9 Å². The van der Waals surface area contributed by atoms with Crippen LogP contribution < -0.4 is 9.64 Å². The molecule has 2 rings (SSSR count). The molecule has 1 saturated heterocycles. The number of allylic oxidation sites excluding steroid dienone is 1. The van der Waals surface area contributed by atoms with Crippen LogP contribution in [-0.2, 0) is 0 Å². The molecule has 164 valence electrons. The van der Waals surface area contributed by atoms with Gasteiger partial charge in [0.1, 0.15) is 5.75 Å². The normalized spacial score (nSPS) is 14.9. The molecule has 1 heterocycles. The molecule has 1 aromatic rings. The minimum absolute atomic E-state index is 0.824. The van der Waals surface area contributed by atoms with Crippen LogP contribution in [0.2, 0.25) is 0 Å². The standard InChI is InChI=1S/C26H44N2O/c1-3-5-7-9-11-13-19-27-20-22-28(23-21-27)25-15-17-26(18-16-25)29-24-14-12-10-8-6-4-2/h4,15-18H,2-3,5-14,19-24H2,1H3. The Morgan fingerprint density at radius 1 is 0.828 bits per heavy atom. The Labute approximate surface area is 180 Å². The number of piperazine rings is 1. The van der Waals surface area contributed by atoms with Crippen LogP contribution in [0.4, 0.5) is 5.69 Å². The number of hydrogen-bond donors (Lipinski definition) is 0. The molecule has 0 bridgehead atoms. The van der Waals surface area contributed by atoms with Gasteiger partial charge in [-0.25, -0.2) is 0 Å². The zero-order chi connectivity index (χ0) is 20.6. The lowest BCUT2D eigenvalue weighted by Gasteiger charge is -2.36. The van der Waals surface area contributed by atoms with Crippen molar-refractivity contribution in [2.24, 2.45) is 0 Å². The van der Waals surface area contributed by atoms with Gasteiger partial charge in [-0.05, 0) is 56.5 Å². The van der Waals surface area contributed by atoms with Gasteiger partial charge in [0.05, 0.1) is 6.61 Å². The number of ether oxygens (including phenoxy) is 1. The minimum Gasteiger partial charge on any atom is -0.494 e. The molecule has 1 aromatic carbocycles. The van der Waals surface area contributed by atoms with E-state index >= 15 is 0 Å². The molecule has 0 spiro atoms. The predicted octanol–water partition coefficient (Wildman–Crippen LogP) is 6.68. The van der Waals surface area contributed by atoms with Crippen molar-refractivity contribution >= 4 is 5.69 Å². The summed E-state index contributed by atoms with van der Waals surface area (Å²) in [6.07, 6.45) is 16.4. The summed E-state index contributed by atoms with van der Waals surface area (Å²) in [5.41, 5.74) is 1.33. The van der Waals surface area contributed by atoms with Gasteiger partial charge in [-0.3, -0.25) is 4.90 Å². The lowest BCUT2D eigenvalue weighted by atomic mass is 10.1. The van der Waals surface area contributed by atoms with Gasteiger partial charge in [0.25, 0.3) is 0 Å². The molecule has 3 nitrogen and oxygen atoms in total. The summed E-state index contributed by atoms with van der Waals surface area (Å²) in [5, 5.41) is 0. The van der Waals surface area contributed by atoms with Gasteiger partial charge in [-0.1, -0.05) is 57.9 Å². The van der Waals surface area contributed by atoms with E-state index in [4.69, 9.17) is 4.74 Å². The molecule has 0 unspecified atom stereocenters. The number of hydrogen-bond acceptors (Lipinski definition) is 3. The van der Waals surface area contributed by atoms with E-state index in [0.717, 1.165) is 38.3 Å². The third-order valence-electron chi connectivity index (χ3n) is 5.97. The van der Waals surface area contributed by atoms with E-state index in [1.807, 2.05) is 6.08 Å². The highest BCUT2D eigenvalue weighted by atomic mass is 16.5. The third kappa shape index (κ3) is 10.2. The maximum atomic E-state index is 5.90. The Hall–Kier alpha value is -1.48. The molecule has 0 saturated carbocycles. The number of rotatable bonds is 16. The molecule has 3 heteroatoms. The number of anilines is 1. The Morgan fingerprint density at radius 3 is 2.21 bits per heavy atom. The van der Waals surface area contributed by atoms with E-state index in [-0.39, 0.29) is 0 Å². The highest BCUT2D eigenvalue weighted by molar-refractivity contribution is 5.49. The average molecular weight is 401 g/mol. The second kappa shape index (κ2) is 15.4. The van der Waals surface area contributed by atoms with Crippen LogP contribution in [0.5, 0.6) is 5.75 Å². The summed E-state index contributed by atoms with van der Waals surface area (Å²) in [4.78, 5) is 5.16. The molecule has 0 aliphatic carbocycles. The zero-order valence-corrected chi connectivity index (χ0v) is 18.9. The Morgan fingerprint density at radius 2 is 1.48 bits per heavy atom. The first-order chi connectivity index (χ1) is 14.3. The van der Waals surface area contributed by atoms with Crippen molar-refractivity contribution in [1.82, 2.24) is 4.90 Å². The topological polar surface area (TPSA) is 15.7 Å². The van der Waals surface area contributed by atoms with Gasteiger partial charge in [0.2, 0.25) is 0 Å². The first-order valence-electron chi connectivity index (χ1n) is 12.1. The number of nitrogens with zero attached hydrogens (tertiary/aromatic N) is 2. The summed E-state index contributed by atoms with van der Waals surface area (Å²) in [5.74, 6) is 1.00. The molecule has 0 radical (unpaired) electrons. The van der Waals surface area contributed by atoms with Gasteiger partial charge in [0.15, 0.2) is 0 Å². The molecule has 0 atom stereocenters. The van der Waals surface area contributed by atoms with E-state index in [1.54, 1.807) is 0 Å². The molecular weight excluding hydrogens is 356 g/mol. The van der Waals surface area contributed by atoms with Crippen LogP contribution in [-0.4, -0.2) is 44.2 Å². The smallest absolute Gasteiger partial charge is 0.119 e. The van der Waals surface area contributed by atoms with Crippen molar-refractivity contribution in [3.8, 4) is 5.75 Å². The maximum Gasteiger partial charge on any atom is 0.119 e. The SMILES string of the molecule is C=CCCCCCCOc1ccc(N2CCN(CCCCCCCC)CC2)cc1. The summed E-state index contributed by atoms with van der Waals surface area (Å²) < 4.78 is 5.90. The lowest BCUT2D eigenvalue weighted by Crippen LogP contribution is -2.46. The second-order valence-corrected chi connectivity index (χ2v) is 8.43.